The van der Waals surface area contributed by atoms with Crippen molar-refractivity contribution in [3.05, 3.63) is 36.4 Å². The van der Waals surface area contributed by atoms with Crippen LogP contribution >= 0.6 is 0 Å². The maximum Gasteiger partial charge on any atom is 0.240 e. The normalized spacial score (nSPS) is 19.4. The molecule has 29 heavy (non-hydrogen) atoms. The summed E-state index contributed by atoms with van der Waals surface area (Å²) < 4.78 is 2.25. The van der Waals surface area contributed by atoms with Crippen molar-refractivity contribution in [3.63, 3.8) is 0 Å². The number of rotatable bonds is 4. The van der Waals surface area contributed by atoms with Gasteiger partial charge in [-0.3, -0.25) is 15.0 Å². The predicted molar refractivity (Wildman–Crippen MR) is 111 cm³/mol. The second-order valence-electron chi connectivity index (χ2n) is 7.87. The molecule has 0 bridgehead atoms. The van der Waals surface area contributed by atoms with E-state index in [0.29, 0.717) is 18.5 Å². The van der Waals surface area contributed by atoms with Gasteiger partial charge in [-0.2, -0.15) is 0 Å². The molecule has 4 heterocycles. The Hall–Kier alpha value is -2.84. The van der Waals surface area contributed by atoms with E-state index in [1.54, 1.807) is 6.20 Å². The van der Waals surface area contributed by atoms with E-state index in [9.17, 15) is 4.79 Å². The largest absolute Gasteiger partial charge is 0.326 e. The maximum absolute atomic E-state index is 12.4. The van der Waals surface area contributed by atoms with E-state index < -0.39 is 0 Å². The molecule has 3 aromatic rings. The highest BCUT2D eigenvalue weighted by Gasteiger charge is 2.22. The van der Waals surface area contributed by atoms with Gasteiger partial charge in [-0.05, 0) is 32.4 Å². The maximum atomic E-state index is 12.4. The fourth-order valence-electron chi connectivity index (χ4n) is 4.25. The van der Waals surface area contributed by atoms with Crippen LogP contribution < -0.4 is 10.6 Å². The van der Waals surface area contributed by atoms with Crippen LogP contribution in [0.1, 0.15) is 25.6 Å². The molecule has 2 aliphatic rings. The van der Waals surface area contributed by atoms with Crippen LogP contribution in [0, 0.1) is 0 Å². The van der Waals surface area contributed by atoms with Gasteiger partial charge < -0.3 is 9.88 Å². The molecule has 1 amide bonds. The number of hydrogen-bond acceptors (Lipinski definition) is 6. The van der Waals surface area contributed by atoms with Gasteiger partial charge in [0, 0.05) is 36.3 Å². The third-order valence-electron chi connectivity index (χ3n) is 5.90. The monoisotopic (exact) mass is 391 g/mol. The number of carbonyl (C=O) groups excluding carboxylic acids is 1. The molecule has 5 rings (SSSR count). The van der Waals surface area contributed by atoms with Crippen LogP contribution in [0.3, 0.4) is 0 Å². The van der Waals surface area contributed by atoms with Crippen LogP contribution in [0.5, 0.6) is 0 Å². The van der Waals surface area contributed by atoms with Crippen molar-refractivity contribution in [2.75, 3.05) is 25.0 Å². The Balaban J connectivity index is 1.38. The summed E-state index contributed by atoms with van der Waals surface area (Å²) in [4.78, 5) is 28.0. The molecule has 1 saturated heterocycles. The van der Waals surface area contributed by atoms with Crippen LogP contribution in [0.15, 0.2) is 30.6 Å². The lowest BCUT2D eigenvalue weighted by molar-refractivity contribution is -0.117. The predicted octanol–water partition coefficient (Wildman–Crippen LogP) is 2.02. The summed E-state index contributed by atoms with van der Waals surface area (Å²) in [6.45, 7) is 6.17. The number of imidazole rings is 1. The van der Waals surface area contributed by atoms with Crippen LogP contribution in [-0.4, -0.2) is 56.0 Å². The number of carbonyl (C=O) groups is 1. The van der Waals surface area contributed by atoms with E-state index in [0.717, 1.165) is 67.0 Å². The van der Waals surface area contributed by atoms with Gasteiger partial charge in [-0.25, -0.2) is 15.0 Å². The number of fused-ring (bicyclic) bond motifs is 2. The SMILES string of the molecule is C[C@@H]1CCCN1CC(=O)Nc1ncc2ccc(-c3cnc4n3CCNC4)cc2n1. The van der Waals surface area contributed by atoms with Crippen LogP contribution in [0.25, 0.3) is 22.2 Å². The minimum atomic E-state index is -0.0633. The van der Waals surface area contributed by atoms with E-state index in [1.807, 2.05) is 18.3 Å². The van der Waals surface area contributed by atoms with Gasteiger partial charge in [0.1, 0.15) is 5.82 Å². The van der Waals surface area contributed by atoms with Crippen molar-refractivity contribution in [1.29, 1.82) is 0 Å². The zero-order valence-corrected chi connectivity index (χ0v) is 16.6. The second kappa shape index (κ2) is 7.53. The van der Waals surface area contributed by atoms with Crippen molar-refractivity contribution in [2.45, 2.75) is 38.9 Å². The first-order chi connectivity index (χ1) is 14.2. The molecule has 2 N–H and O–H groups in total. The van der Waals surface area contributed by atoms with Crippen molar-refractivity contribution < 1.29 is 4.79 Å². The summed E-state index contributed by atoms with van der Waals surface area (Å²) >= 11 is 0. The molecule has 1 aromatic carbocycles. The lowest BCUT2D eigenvalue weighted by Crippen LogP contribution is -2.35. The van der Waals surface area contributed by atoms with E-state index in [4.69, 9.17) is 0 Å². The first-order valence-corrected chi connectivity index (χ1v) is 10.2. The Morgan fingerprint density at radius 1 is 1.28 bits per heavy atom. The number of amides is 1. The summed E-state index contributed by atoms with van der Waals surface area (Å²) in [6.07, 6.45) is 5.98. The summed E-state index contributed by atoms with van der Waals surface area (Å²) in [7, 11) is 0. The molecule has 8 heteroatoms. The van der Waals surface area contributed by atoms with Crippen LogP contribution in [-0.2, 0) is 17.9 Å². The fraction of sp³-hybridized carbons (Fsp3) is 0.429. The molecule has 2 aliphatic heterocycles. The van der Waals surface area contributed by atoms with Crippen molar-refractivity contribution in [1.82, 2.24) is 29.7 Å². The molecular weight excluding hydrogens is 366 g/mol. The van der Waals surface area contributed by atoms with Gasteiger partial charge in [-0.1, -0.05) is 12.1 Å². The Kier molecular flexibility index (Phi) is 4.73. The molecule has 1 atom stereocenters. The third-order valence-corrected chi connectivity index (χ3v) is 5.90. The molecule has 8 nitrogen and oxygen atoms in total. The van der Waals surface area contributed by atoms with Gasteiger partial charge in [0.2, 0.25) is 11.9 Å². The molecule has 0 radical (unpaired) electrons. The number of nitrogens with one attached hydrogen (secondary N) is 2. The van der Waals surface area contributed by atoms with Gasteiger partial charge >= 0.3 is 0 Å². The number of benzene rings is 1. The number of anilines is 1. The Bertz CT molecular complexity index is 1060. The molecule has 150 valence electrons. The molecule has 0 unspecified atom stereocenters. The van der Waals surface area contributed by atoms with Gasteiger partial charge in [0.25, 0.3) is 0 Å². The fourth-order valence-corrected chi connectivity index (χ4v) is 4.25. The highest BCUT2D eigenvalue weighted by Crippen LogP contribution is 2.26. The lowest BCUT2D eigenvalue weighted by atomic mass is 10.1. The Morgan fingerprint density at radius 3 is 3.07 bits per heavy atom. The molecule has 0 spiro atoms. The third kappa shape index (κ3) is 3.61. The minimum Gasteiger partial charge on any atom is -0.326 e. The smallest absolute Gasteiger partial charge is 0.240 e. The van der Waals surface area contributed by atoms with Crippen molar-refractivity contribution in [2.24, 2.45) is 0 Å². The highest BCUT2D eigenvalue weighted by atomic mass is 16.2. The number of aromatic nitrogens is 4. The van der Waals surface area contributed by atoms with E-state index >= 15 is 0 Å². The molecule has 0 saturated carbocycles. The molecular formula is C21H25N7O. The highest BCUT2D eigenvalue weighted by molar-refractivity contribution is 5.92. The molecule has 0 aliphatic carbocycles. The number of hydrogen-bond donors (Lipinski definition) is 2. The number of likely N-dealkylation sites (tertiary alicyclic amines) is 1. The van der Waals surface area contributed by atoms with Crippen molar-refractivity contribution >= 4 is 22.8 Å². The Labute approximate surface area is 169 Å². The van der Waals surface area contributed by atoms with E-state index in [2.05, 4.69) is 48.0 Å². The lowest BCUT2D eigenvalue weighted by Gasteiger charge is -2.19. The zero-order valence-electron chi connectivity index (χ0n) is 16.6. The van der Waals surface area contributed by atoms with Crippen molar-refractivity contribution in [3.8, 4) is 11.3 Å². The second-order valence-corrected chi connectivity index (χ2v) is 7.87. The molecule has 2 aromatic heterocycles. The summed E-state index contributed by atoms with van der Waals surface area (Å²) in [5.74, 6) is 1.34. The minimum absolute atomic E-state index is 0.0633. The topological polar surface area (TPSA) is 88.0 Å². The van der Waals surface area contributed by atoms with Crippen LogP contribution in [0.2, 0.25) is 0 Å². The van der Waals surface area contributed by atoms with E-state index in [-0.39, 0.29) is 5.91 Å². The number of nitrogens with zero attached hydrogens (tertiary/aromatic N) is 5. The van der Waals surface area contributed by atoms with E-state index in [1.165, 1.54) is 0 Å². The Morgan fingerprint density at radius 2 is 2.21 bits per heavy atom. The first-order valence-electron chi connectivity index (χ1n) is 10.2. The summed E-state index contributed by atoms with van der Waals surface area (Å²) in [5.41, 5.74) is 2.97. The van der Waals surface area contributed by atoms with Gasteiger partial charge in [-0.15, -0.1) is 0 Å². The van der Waals surface area contributed by atoms with Gasteiger partial charge in [0.15, 0.2) is 0 Å². The zero-order chi connectivity index (χ0) is 19.8. The average Bonchev–Trinajstić information content (AvgIpc) is 3.34. The standard InChI is InChI=1S/C21H25N7O/c1-14-3-2-7-27(14)13-20(29)26-21-24-10-16-5-4-15(9-17(16)25-21)18-11-23-19-12-22-6-8-28(18)19/h4-5,9-11,14,22H,2-3,6-8,12-13H2,1H3,(H,24,25,26,29)/t14-/m1/s1. The molecule has 1 fully saturated rings. The first kappa shape index (κ1) is 18.2. The van der Waals surface area contributed by atoms with Gasteiger partial charge in [0.05, 0.1) is 30.5 Å². The average molecular weight is 391 g/mol. The quantitative estimate of drug-likeness (QED) is 0.708. The summed E-state index contributed by atoms with van der Waals surface area (Å²) in [5, 5.41) is 7.14. The van der Waals surface area contributed by atoms with Crippen LogP contribution in [0.4, 0.5) is 5.95 Å². The summed E-state index contributed by atoms with van der Waals surface area (Å²) in [6, 6.07) is 6.59.